The molecule has 0 radical (unpaired) electrons. The van der Waals surface area contributed by atoms with E-state index in [1.807, 2.05) is 6.92 Å². The third-order valence-corrected chi connectivity index (χ3v) is 4.45. The molecule has 2 N–H and O–H groups in total. The number of carbonyl (C=O) groups is 1. The van der Waals surface area contributed by atoms with Crippen LogP contribution < -0.4 is 0 Å². The van der Waals surface area contributed by atoms with E-state index in [9.17, 15) is 15.0 Å². The van der Waals surface area contributed by atoms with Crippen molar-refractivity contribution in [1.29, 1.82) is 0 Å². The van der Waals surface area contributed by atoms with Crippen LogP contribution in [0.25, 0.3) is 0 Å². The Morgan fingerprint density at radius 1 is 1.60 bits per heavy atom. The van der Waals surface area contributed by atoms with Crippen molar-refractivity contribution in [1.82, 2.24) is 0 Å². The molecule has 1 aliphatic carbocycles. The molecule has 0 aromatic carbocycles. The highest BCUT2D eigenvalue weighted by molar-refractivity contribution is 5.71. The summed E-state index contributed by atoms with van der Waals surface area (Å²) < 4.78 is 13.3. The van der Waals surface area contributed by atoms with Crippen LogP contribution in [-0.2, 0) is 9.53 Å². The summed E-state index contributed by atoms with van der Waals surface area (Å²) in [6.45, 7) is 3.88. The van der Waals surface area contributed by atoms with Gasteiger partial charge in [0.25, 0.3) is 0 Å². The smallest absolute Gasteiger partial charge is 0.306 e. The molecule has 1 saturated heterocycles. The summed E-state index contributed by atoms with van der Waals surface area (Å²) >= 11 is 0. The molecule has 1 saturated carbocycles. The van der Waals surface area contributed by atoms with E-state index < -0.39 is 12.2 Å². The highest BCUT2D eigenvalue weighted by atomic mass is 16.5. The Morgan fingerprint density at radius 3 is 3.05 bits per heavy atom. The van der Waals surface area contributed by atoms with E-state index in [0.717, 1.165) is 24.8 Å². The van der Waals surface area contributed by atoms with Gasteiger partial charge in [-0.15, -0.1) is 0 Å². The van der Waals surface area contributed by atoms with E-state index in [1.165, 1.54) is 6.08 Å². The number of aliphatic hydroxyl groups is 2. The number of aliphatic hydroxyl groups excluding tert-OH is 1. The predicted molar refractivity (Wildman–Crippen MR) is 76.0 cm³/mol. The van der Waals surface area contributed by atoms with Crippen molar-refractivity contribution in [2.75, 3.05) is 0 Å². The molecule has 0 amide bonds. The van der Waals surface area contributed by atoms with Gasteiger partial charge in [-0.2, -0.15) is 0 Å². The molecular formula is C16H26O4. The first-order chi connectivity index (χ1) is 9.84. The van der Waals surface area contributed by atoms with Crippen molar-refractivity contribution in [2.24, 2.45) is 11.8 Å². The first kappa shape index (κ1) is 14.1. The van der Waals surface area contributed by atoms with Gasteiger partial charge in [-0.1, -0.05) is 37.8 Å². The van der Waals surface area contributed by atoms with Crippen molar-refractivity contribution in [3.63, 3.8) is 0 Å². The standard InChI is InChI=1S/C16H26O4/c1-3-4-5-6-12(17)7-10(2)15-13-8-11(16(15)19)9-14(18)20-13/h7,11-13,15-17,19H,3-6,8-9H2,1-2H3/t11-,12-,13-,15+,16-/m1/s1/i12D. The molecule has 5 atom stereocenters. The third-order valence-electron chi connectivity index (χ3n) is 4.45. The predicted octanol–water partition coefficient (Wildman–Crippen LogP) is 2.19. The lowest BCUT2D eigenvalue weighted by Gasteiger charge is -2.23. The van der Waals surface area contributed by atoms with Crippen LogP contribution in [0.3, 0.4) is 0 Å². The Labute approximate surface area is 122 Å². The molecule has 1 aliphatic heterocycles. The van der Waals surface area contributed by atoms with E-state index in [1.54, 1.807) is 0 Å². The van der Waals surface area contributed by atoms with E-state index in [2.05, 4.69) is 6.92 Å². The molecule has 1 heterocycles. The van der Waals surface area contributed by atoms with Gasteiger partial charge in [0.05, 0.1) is 20.0 Å². The van der Waals surface area contributed by atoms with Crippen LogP contribution in [0.15, 0.2) is 11.6 Å². The lowest BCUT2D eigenvalue weighted by atomic mass is 9.91. The van der Waals surface area contributed by atoms with Crippen LogP contribution in [0.2, 0.25) is 0 Å². The maximum atomic E-state index is 11.5. The van der Waals surface area contributed by atoms with Crippen molar-refractivity contribution in [3.8, 4) is 0 Å². The second-order valence-corrected chi connectivity index (χ2v) is 6.08. The van der Waals surface area contributed by atoms with Crippen LogP contribution in [0.5, 0.6) is 0 Å². The summed E-state index contributed by atoms with van der Waals surface area (Å²) in [6, 6.07) is 0. The van der Waals surface area contributed by atoms with Gasteiger partial charge in [-0.05, 0) is 25.7 Å². The van der Waals surface area contributed by atoms with Crippen LogP contribution in [0.1, 0.15) is 53.7 Å². The molecule has 0 aromatic heterocycles. The first-order valence-electron chi connectivity index (χ1n) is 8.13. The van der Waals surface area contributed by atoms with Gasteiger partial charge in [0, 0.05) is 5.92 Å². The number of esters is 1. The number of rotatable bonds is 6. The molecule has 0 spiro atoms. The number of carbonyl (C=O) groups excluding carboxylic acids is 1. The summed E-state index contributed by atoms with van der Waals surface area (Å²) in [7, 11) is 0. The number of unbranched alkanes of at least 4 members (excludes halogenated alkanes) is 2. The Balaban J connectivity index is 2.06. The molecule has 2 rings (SSSR count). The van der Waals surface area contributed by atoms with E-state index in [4.69, 9.17) is 6.11 Å². The molecule has 2 fully saturated rings. The van der Waals surface area contributed by atoms with Crippen LogP contribution in [-0.4, -0.2) is 34.5 Å². The maximum absolute atomic E-state index is 11.5. The van der Waals surface area contributed by atoms with E-state index in [-0.39, 0.29) is 30.3 Å². The number of hydrogen-bond acceptors (Lipinski definition) is 4. The summed E-state index contributed by atoms with van der Waals surface area (Å²) in [4.78, 5) is 11.5. The Bertz CT molecular complexity index is 419. The van der Waals surface area contributed by atoms with E-state index >= 15 is 0 Å². The van der Waals surface area contributed by atoms with Crippen LogP contribution in [0, 0.1) is 11.8 Å². The zero-order valence-corrected chi connectivity index (χ0v) is 12.3. The maximum Gasteiger partial charge on any atom is 0.306 e. The third kappa shape index (κ3) is 3.41. The fourth-order valence-electron chi connectivity index (χ4n) is 3.40. The zero-order chi connectivity index (χ0) is 15.6. The topological polar surface area (TPSA) is 66.8 Å². The normalized spacial score (nSPS) is 37.3. The summed E-state index contributed by atoms with van der Waals surface area (Å²) in [5.41, 5.74) is 0.749. The van der Waals surface area contributed by atoms with Crippen molar-refractivity contribution in [3.05, 3.63) is 11.6 Å². The fraction of sp³-hybridized carbons (Fsp3) is 0.812. The second-order valence-electron chi connectivity index (χ2n) is 6.08. The number of hydrogen-bond donors (Lipinski definition) is 2. The van der Waals surface area contributed by atoms with Gasteiger partial charge in [0.15, 0.2) is 0 Å². The van der Waals surface area contributed by atoms with Crippen molar-refractivity contribution < 1.29 is 21.1 Å². The highest BCUT2D eigenvalue weighted by Crippen LogP contribution is 2.43. The Hall–Kier alpha value is -0.870. The van der Waals surface area contributed by atoms with Gasteiger partial charge in [-0.3, -0.25) is 4.79 Å². The van der Waals surface area contributed by atoms with Crippen LogP contribution in [0.4, 0.5) is 0 Å². The number of fused-ring (bicyclic) bond motifs is 2. The monoisotopic (exact) mass is 283 g/mol. The van der Waals surface area contributed by atoms with Gasteiger partial charge in [0.2, 0.25) is 0 Å². The molecule has 2 aliphatic rings. The minimum atomic E-state index is -1.61. The fourth-order valence-corrected chi connectivity index (χ4v) is 3.40. The molecular weight excluding hydrogens is 256 g/mol. The largest absolute Gasteiger partial charge is 0.462 e. The minimum Gasteiger partial charge on any atom is -0.462 e. The first-order valence-corrected chi connectivity index (χ1v) is 7.63. The van der Waals surface area contributed by atoms with Crippen molar-refractivity contribution in [2.45, 2.75) is 70.7 Å². The lowest BCUT2D eigenvalue weighted by molar-refractivity contribution is -0.154. The average molecular weight is 283 g/mol. The molecule has 4 nitrogen and oxygen atoms in total. The second kappa shape index (κ2) is 6.72. The molecule has 0 unspecified atom stereocenters. The van der Waals surface area contributed by atoms with Gasteiger partial charge in [0.1, 0.15) is 6.10 Å². The quantitative estimate of drug-likeness (QED) is 0.445. The molecule has 2 bridgehead atoms. The van der Waals surface area contributed by atoms with Gasteiger partial charge >= 0.3 is 5.97 Å². The van der Waals surface area contributed by atoms with E-state index in [0.29, 0.717) is 12.8 Å². The molecule has 0 aromatic rings. The van der Waals surface area contributed by atoms with Gasteiger partial charge < -0.3 is 14.9 Å². The molecule has 114 valence electrons. The Morgan fingerprint density at radius 2 is 2.35 bits per heavy atom. The number of ether oxygens (including phenoxy) is 1. The minimum absolute atomic E-state index is 0.0523. The highest BCUT2D eigenvalue weighted by Gasteiger charge is 2.49. The summed E-state index contributed by atoms with van der Waals surface area (Å²) in [5.74, 6) is -0.595. The lowest BCUT2D eigenvalue weighted by Crippen LogP contribution is -2.27. The average Bonchev–Trinajstić information content (AvgIpc) is 2.59. The van der Waals surface area contributed by atoms with Crippen LogP contribution >= 0.6 is 0 Å². The van der Waals surface area contributed by atoms with Gasteiger partial charge in [-0.25, -0.2) is 0 Å². The summed E-state index contributed by atoms with van der Waals surface area (Å²) in [5, 5.41) is 20.5. The molecule has 20 heavy (non-hydrogen) atoms. The zero-order valence-electron chi connectivity index (χ0n) is 13.3. The molecule has 4 heteroatoms. The Kier molecular flexibility index (Phi) is 4.73. The summed E-state index contributed by atoms with van der Waals surface area (Å²) in [6.07, 6.45) is 3.13. The SMILES string of the molecule is [2H][C@](O)(C=C(C)[C@@H]1[C@H](O)[C@H]2CC(=O)O[C@@H]1C2)CCCCC. The van der Waals surface area contributed by atoms with Crippen molar-refractivity contribution >= 4 is 5.97 Å².